The van der Waals surface area contributed by atoms with E-state index in [2.05, 4.69) is 30.0 Å². The number of hydrogen-bond acceptors (Lipinski definition) is 2. The fraction of sp³-hybridized carbons (Fsp3) is 0.500. The maximum Gasteiger partial charge on any atom is 0.306 e. The van der Waals surface area contributed by atoms with Gasteiger partial charge in [0.1, 0.15) is 0 Å². The lowest BCUT2D eigenvalue weighted by Crippen LogP contribution is -2.24. The molecule has 2 unspecified atom stereocenters. The van der Waals surface area contributed by atoms with Gasteiger partial charge < -0.3 is 10.0 Å². The molecule has 0 aliphatic rings. The quantitative estimate of drug-likeness (QED) is 0.853. The second-order valence-corrected chi connectivity index (χ2v) is 4.87. The fourth-order valence-corrected chi connectivity index (χ4v) is 1.96. The topological polar surface area (TPSA) is 40.5 Å². The molecule has 2 atom stereocenters. The molecule has 0 saturated carbocycles. The Morgan fingerprint density at radius 1 is 1.41 bits per heavy atom. The first kappa shape index (κ1) is 13.7. The second-order valence-electron chi connectivity index (χ2n) is 4.87. The van der Waals surface area contributed by atoms with E-state index in [9.17, 15) is 4.79 Å². The van der Waals surface area contributed by atoms with Crippen LogP contribution in [0.5, 0.6) is 0 Å². The van der Waals surface area contributed by atoms with Gasteiger partial charge in [0.05, 0.1) is 5.92 Å². The molecule has 0 amide bonds. The van der Waals surface area contributed by atoms with Crippen molar-refractivity contribution in [3.05, 3.63) is 35.4 Å². The predicted molar refractivity (Wildman–Crippen MR) is 69.0 cm³/mol. The van der Waals surface area contributed by atoms with Gasteiger partial charge in [-0.3, -0.25) is 4.79 Å². The highest BCUT2D eigenvalue weighted by atomic mass is 16.4. The van der Waals surface area contributed by atoms with Crippen LogP contribution in [0, 0.1) is 12.8 Å². The maximum atomic E-state index is 10.9. The summed E-state index contributed by atoms with van der Waals surface area (Å²) >= 11 is 0. The summed E-state index contributed by atoms with van der Waals surface area (Å²) in [6.45, 7) is 3.81. The monoisotopic (exact) mass is 235 g/mol. The van der Waals surface area contributed by atoms with Gasteiger partial charge in [-0.25, -0.2) is 0 Å². The fourth-order valence-electron chi connectivity index (χ4n) is 1.96. The van der Waals surface area contributed by atoms with Crippen molar-refractivity contribution in [3.8, 4) is 0 Å². The van der Waals surface area contributed by atoms with Crippen molar-refractivity contribution >= 4 is 5.97 Å². The van der Waals surface area contributed by atoms with Crippen molar-refractivity contribution in [1.82, 2.24) is 4.90 Å². The smallest absolute Gasteiger partial charge is 0.306 e. The summed E-state index contributed by atoms with van der Waals surface area (Å²) in [7, 11) is 3.98. The number of aryl methyl sites for hydroxylation is 1. The van der Waals surface area contributed by atoms with Gasteiger partial charge in [-0.15, -0.1) is 0 Å². The van der Waals surface area contributed by atoms with E-state index in [0.29, 0.717) is 6.42 Å². The number of nitrogens with zero attached hydrogens (tertiary/aromatic N) is 1. The van der Waals surface area contributed by atoms with Gasteiger partial charge in [0.2, 0.25) is 0 Å². The molecule has 0 aromatic heterocycles. The minimum atomic E-state index is -0.732. The van der Waals surface area contributed by atoms with Crippen LogP contribution in [-0.4, -0.2) is 30.1 Å². The Labute approximate surface area is 103 Å². The molecule has 1 aromatic carbocycles. The summed E-state index contributed by atoms with van der Waals surface area (Å²) in [5, 5.41) is 9.00. The number of benzene rings is 1. The van der Waals surface area contributed by atoms with Crippen LogP contribution in [0.1, 0.15) is 30.5 Å². The Bertz CT molecular complexity index is 388. The van der Waals surface area contributed by atoms with Gasteiger partial charge in [0.25, 0.3) is 0 Å². The molecule has 0 aliphatic heterocycles. The number of aliphatic carboxylic acids is 1. The van der Waals surface area contributed by atoms with Crippen LogP contribution in [0.25, 0.3) is 0 Å². The largest absolute Gasteiger partial charge is 0.481 e. The van der Waals surface area contributed by atoms with Gasteiger partial charge in [0.15, 0.2) is 0 Å². The van der Waals surface area contributed by atoms with Crippen LogP contribution >= 0.6 is 0 Å². The normalized spacial score (nSPS) is 14.6. The van der Waals surface area contributed by atoms with E-state index in [1.165, 1.54) is 11.1 Å². The van der Waals surface area contributed by atoms with Crippen LogP contribution < -0.4 is 0 Å². The molecule has 0 bridgehead atoms. The lowest BCUT2D eigenvalue weighted by Gasteiger charge is -2.26. The van der Waals surface area contributed by atoms with E-state index >= 15 is 0 Å². The number of carbonyl (C=O) groups is 1. The first-order valence-corrected chi connectivity index (χ1v) is 5.87. The van der Waals surface area contributed by atoms with Gasteiger partial charge in [0, 0.05) is 6.04 Å². The van der Waals surface area contributed by atoms with Crippen molar-refractivity contribution in [1.29, 1.82) is 0 Å². The predicted octanol–water partition coefficient (Wildman–Crippen LogP) is 2.71. The number of hydrogen-bond donors (Lipinski definition) is 1. The third-order valence-electron chi connectivity index (χ3n) is 3.05. The van der Waals surface area contributed by atoms with Crippen LogP contribution in [0.4, 0.5) is 0 Å². The zero-order valence-electron chi connectivity index (χ0n) is 11.0. The van der Waals surface area contributed by atoms with Crippen molar-refractivity contribution in [2.45, 2.75) is 26.3 Å². The molecule has 3 nitrogen and oxygen atoms in total. The molecule has 1 aromatic rings. The van der Waals surface area contributed by atoms with E-state index in [-0.39, 0.29) is 12.0 Å². The zero-order valence-corrected chi connectivity index (χ0v) is 11.0. The number of carboxylic acids is 1. The van der Waals surface area contributed by atoms with Crippen LogP contribution in [0.15, 0.2) is 24.3 Å². The van der Waals surface area contributed by atoms with Gasteiger partial charge in [-0.05, 0) is 33.0 Å². The SMILES string of the molecule is Cc1cccc(C(CC(C)C(=O)O)N(C)C)c1. The van der Waals surface area contributed by atoms with E-state index in [1.807, 2.05) is 20.2 Å². The average Bonchev–Trinajstić information content (AvgIpc) is 2.24. The van der Waals surface area contributed by atoms with Crippen molar-refractivity contribution in [3.63, 3.8) is 0 Å². The summed E-state index contributed by atoms with van der Waals surface area (Å²) in [4.78, 5) is 13.0. The first-order valence-electron chi connectivity index (χ1n) is 5.87. The van der Waals surface area contributed by atoms with E-state index in [0.717, 1.165) is 0 Å². The molecule has 1 N–H and O–H groups in total. The molecular weight excluding hydrogens is 214 g/mol. The molecule has 17 heavy (non-hydrogen) atoms. The summed E-state index contributed by atoms with van der Waals surface area (Å²) in [5.74, 6) is -1.06. The van der Waals surface area contributed by atoms with Gasteiger partial charge in [-0.1, -0.05) is 36.8 Å². The molecule has 0 heterocycles. The summed E-state index contributed by atoms with van der Waals surface area (Å²) in [6.07, 6.45) is 0.631. The Morgan fingerprint density at radius 2 is 2.06 bits per heavy atom. The highest BCUT2D eigenvalue weighted by molar-refractivity contribution is 5.69. The maximum absolute atomic E-state index is 10.9. The van der Waals surface area contributed by atoms with Crippen LogP contribution in [0.2, 0.25) is 0 Å². The second kappa shape index (κ2) is 5.82. The van der Waals surface area contributed by atoms with Crippen LogP contribution in [0.3, 0.4) is 0 Å². The molecular formula is C14H21NO2. The lowest BCUT2D eigenvalue weighted by molar-refractivity contribution is -0.141. The molecule has 0 spiro atoms. The molecule has 0 radical (unpaired) electrons. The standard InChI is InChI=1S/C14H21NO2/c1-10-6-5-7-12(8-10)13(15(3)4)9-11(2)14(16)17/h5-8,11,13H,9H2,1-4H3,(H,16,17). The van der Waals surface area contributed by atoms with Gasteiger partial charge >= 0.3 is 5.97 Å². The van der Waals surface area contributed by atoms with Crippen molar-refractivity contribution < 1.29 is 9.90 Å². The molecule has 3 heteroatoms. The van der Waals surface area contributed by atoms with E-state index < -0.39 is 5.97 Å². The molecule has 1 rings (SSSR count). The lowest BCUT2D eigenvalue weighted by atomic mass is 9.94. The summed E-state index contributed by atoms with van der Waals surface area (Å²) in [6, 6.07) is 8.41. The third-order valence-corrected chi connectivity index (χ3v) is 3.05. The van der Waals surface area contributed by atoms with E-state index in [1.54, 1.807) is 6.92 Å². The number of rotatable bonds is 5. The Kier molecular flexibility index (Phi) is 4.70. The Balaban J connectivity index is 2.90. The van der Waals surface area contributed by atoms with Crippen LogP contribution in [-0.2, 0) is 4.79 Å². The summed E-state index contributed by atoms with van der Waals surface area (Å²) < 4.78 is 0. The Hall–Kier alpha value is -1.35. The number of carboxylic acid groups (broad SMARTS) is 1. The minimum absolute atomic E-state index is 0.154. The molecule has 0 saturated heterocycles. The molecule has 0 aliphatic carbocycles. The highest BCUT2D eigenvalue weighted by Gasteiger charge is 2.21. The molecule has 94 valence electrons. The Morgan fingerprint density at radius 3 is 2.53 bits per heavy atom. The summed E-state index contributed by atoms with van der Waals surface area (Å²) in [5.41, 5.74) is 2.39. The van der Waals surface area contributed by atoms with Crippen molar-refractivity contribution in [2.24, 2.45) is 5.92 Å². The zero-order chi connectivity index (χ0) is 13.0. The average molecular weight is 235 g/mol. The molecule has 0 fully saturated rings. The van der Waals surface area contributed by atoms with Crippen molar-refractivity contribution in [2.75, 3.05) is 14.1 Å². The van der Waals surface area contributed by atoms with E-state index in [4.69, 9.17) is 5.11 Å². The first-order chi connectivity index (χ1) is 7.91. The minimum Gasteiger partial charge on any atom is -0.481 e. The highest BCUT2D eigenvalue weighted by Crippen LogP contribution is 2.26. The third kappa shape index (κ3) is 3.86. The van der Waals surface area contributed by atoms with Gasteiger partial charge in [-0.2, -0.15) is 0 Å².